The Balaban J connectivity index is 2.36. The molecule has 88 valence electrons. The summed E-state index contributed by atoms with van der Waals surface area (Å²) in [6.07, 6.45) is 1.85. The van der Waals surface area contributed by atoms with Gasteiger partial charge in [0.25, 0.3) is 0 Å². The van der Waals surface area contributed by atoms with Crippen molar-refractivity contribution >= 4 is 5.82 Å². The quantitative estimate of drug-likeness (QED) is 0.843. The second-order valence-electron chi connectivity index (χ2n) is 5.45. The van der Waals surface area contributed by atoms with E-state index in [1.807, 2.05) is 26.4 Å². The van der Waals surface area contributed by atoms with Crippen LogP contribution in [0.4, 0.5) is 5.82 Å². The molecule has 0 amide bonds. The predicted molar refractivity (Wildman–Crippen MR) is 67.6 cm³/mol. The lowest BCUT2D eigenvalue weighted by molar-refractivity contribution is 0.558. The van der Waals surface area contributed by atoms with E-state index in [9.17, 15) is 0 Å². The molecule has 1 aliphatic rings. The van der Waals surface area contributed by atoms with Gasteiger partial charge < -0.3 is 10.6 Å². The van der Waals surface area contributed by atoms with Gasteiger partial charge in [-0.2, -0.15) is 0 Å². The molecule has 0 radical (unpaired) electrons. The second-order valence-corrected chi connectivity index (χ2v) is 5.45. The van der Waals surface area contributed by atoms with E-state index < -0.39 is 0 Å². The minimum atomic E-state index is 0.322. The molecule has 0 unspecified atom stereocenters. The minimum Gasteiger partial charge on any atom is -0.363 e. The van der Waals surface area contributed by atoms with E-state index in [-0.39, 0.29) is 0 Å². The number of pyridine rings is 1. The average Bonchev–Trinajstić information content (AvgIpc) is 2.80. The molecule has 1 saturated carbocycles. The molecule has 0 bridgehead atoms. The zero-order valence-corrected chi connectivity index (χ0v) is 10.6. The molecule has 1 aromatic heterocycles. The first-order valence-corrected chi connectivity index (χ1v) is 5.82. The van der Waals surface area contributed by atoms with Gasteiger partial charge in [-0.15, -0.1) is 0 Å². The van der Waals surface area contributed by atoms with Gasteiger partial charge in [-0.25, -0.2) is 4.98 Å². The van der Waals surface area contributed by atoms with Gasteiger partial charge in [0.05, 0.1) is 0 Å². The van der Waals surface area contributed by atoms with Gasteiger partial charge in [-0.3, -0.25) is 0 Å². The highest BCUT2D eigenvalue weighted by molar-refractivity contribution is 5.51. The van der Waals surface area contributed by atoms with Crippen LogP contribution in [-0.2, 0) is 0 Å². The highest BCUT2D eigenvalue weighted by Crippen LogP contribution is 2.64. The maximum Gasteiger partial charge on any atom is 0.131 e. The maximum absolute atomic E-state index is 5.83. The standard InChI is InChI=1S/C13H21N3/c1-13(2)10(8-14)11(13)9-6-5-7-15-12(9)16(3)4/h5-7,10-11H,8,14H2,1-4H3/t10-,11-/m1/s1. The summed E-state index contributed by atoms with van der Waals surface area (Å²) in [6, 6.07) is 4.20. The number of hydrogen-bond acceptors (Lipinski definition) is 3. The highest BCUT2D eigenvalue weighted by Gasteiger charge is 2.58. The zero-order chi connectivity index (χ0) is 11.9. The first-order valence-electron chi connectivity index (χ1n) is 5.82. The third-order valence-corrected chi connectivity index (χ3v) is 3.88. The normalized spacial score (nSPS) is 26.6. The first kappa shape index (κ1) is 11.4. The van der Waals surface area contributed by atoms with E-state index >= 15 is 0 Å². The first-order chi connectivity index (χ1) is 7.50. The summed E-state index contributed by atoms with van der Waals surface area (Å²) >= 11 is 0. The summed E-state index contributed by atoms with van der Waals surface area (Å²) in [5.41, 5.74) is 7.49. The molecule has 2 atom stereocenters. The third kappa shape index (κ3) is 1.59. The van der Waals surface area contributed by atoms with Crippen LogP contribution >= 0.6 is 0 Å². The van der Waals surface area contributed by atoms with Crippen LogP contribution in [0.1, 0.15) is 25.3 Å². The molecule has 16 heavy (non-hydrogen) atoms. The lowest BCUT2D eigenvalue weighted by atomic mass is 10.0. The SMILES string of the molecule is CN(C)c1ncccc1[C@@H]1[C@@H](CN)C1(C)C. The van der Waals surface area contributed by atoms with Crippen LogP contribution in [0, 0.1) is 11.3 Å². The Kier molecular flexibility index (Phi) is 2.66. The number of rotatable bonds is 3. The Labute approximate surface area is 97.7 Å². The van der Waals surface area contributed by atoms with Crippen molar-refractivity contribution in [1.29, 1.82) is 0 Å². The summed E-state index contributed by atoms with van der Waals surface area (Å²) in [4.78, 5) is 6.54. The van der Waals surface area contributed by atoms with Crippen LogP contribution in [0.15, 0.2) is 18.3 Å². The van der Waals surface area contributed by atoms with E-state index in [0.717, 1.165) is 12.4 Å². The van der Waals surface area contributed by atoms with E-state index in [0.29, 0.717) is 17.3 Å². The number of aromatic nitrogens is 1. The largest absolute Gasteiger partial charge is 0.363 e. The Morgan fingerprint density at radius 1 is 1.44 bits per heavy atom. The smallest absolute Gasteiger partial charge is 0.131 e. The van der Waals surface area contributed by atoms with Crippen LogP contribution in [0.25, 0.3) is 0 Å². The summed E-state index contributed by atoms with van der Waals surface area (Å²) in [6.45, 7) is 5.35. The molecule has 0 aliphatic heterocycles. The average molecular weight is 219 g/mol. The minimum absolute atomic E-state index is 0.322. The van der Waals surface area contributed by atoms with Crippen molar-refractivity contribution in [2.45, 2.75) is 19.8 Å². The van der Waals surface area contributed by atoms with E-state index in [1.54, 1.807) is 0 Å². The van der Waals surface area contributed by atoms with Crippen molar-refractivity contribution in [1.82, 2.24) is 4.98 Å². The predicted octanol–water partition coefficient (Wildman–Crippen LogP) is 1.85. The van der Waals surface area contributed by atoms with Crippen molar-refractivity contribution in [2.75, 3.05) is 25.5 Å². The van der Waals surface area contributed by atoms with Gasteiger partial charge in [-0.1, -0.05) is 19.9 Å². The van der Waals surface area contributed by atoms with Crippen LogP contribution in [0.3, 0.4) is 0 Å². The fraction of sp³-hybridized carbons (Fsp3) is 0.615. The van der Waals surface area contributed by atoms with Crippen molar-refractivity contribution in [3.05, 3.63) is 23.9 Å². The van der Waals surface area contributed by atoms with Gasteiger partial charge in [0.2, 0.25) is 0 Å². The van der Waals surface area contributed by atoms with Crippen LogP contribution in [0.2, 0.25) is 0 Å². The van der Waals surface area contributed by atoms with E-state index in [2.05, 4.69) is 29.8 Å². The molecule has 2 rings (SSSR count). The van der Waals surface area contributed by atoms with Gasteiger partial charge in [0, 0.05) is 20.3 Å². The van der Waals surface area contributed by atoms with Gasteiger partial charge in [-0.05, 0) is 35.4 Å². The Morgan fingerprint density at radius 3 is 2.62 bits per heavy atom. The molecule has 3 nitrogen and oxygen atoms in total. The second kappa shape index (κ2) is 3.74. The van der Waals surface area contributed by atoms with E-state index in [1.165, 1.54) is 5.56 Å². The zero-order valence-electron chi connectivity index (χ0n) is 10.6. The number of nitrogens with two attached hydrogens (primary N) is 1. The molecular formula is C13H21N3. The lowest BCUT2D eigenvalue weighted by Gasteiger charge is -2.16. The molecule has 0 aromatic carbocycles. The van der Waals surface area contributed by atoms with Crippen molar-refractivity contribution in [2.24, 2.45) is 17.1 Å². The Morgan fingerprint density at radius 2 is 2.12 bits per heavy atom. The summed E-state index contributed by atoms with van der Waals surface area (Å²) < 4.78 is 0. The monoisotopic (exact) mass is 219 g/mol. The van der Waals surface area contributed by atoms with Crippen molar-refractivity contribution < 1.29 is 0 Å². The summed E-state index contributed by atoms with van der Waals surface area (Å²) in [5, 5.41) is 0. The molecular weight excluding hydrogens is 198 g/mol. The summed E-state index contributed by atoms with van der Waals surface area (Å²) in [7, 11) is 4.08. The summed E-state index contributed by atoms with van der Waals surface area (Å²) in [5.74, 6) is 2.23. The van der Waals surface area contributed by atoms with Crippen LogP contribution < -0.4 is 10.6 Å². The number of nitrogens with zero attached hydrogens (tertiary/aromatic N) is 2. The third-order valence-electron chi connectivity index (χ3n) is 3.88. The molecule has 3 heteroatoms. The van der Waals surface area contributed by atoms with Gasteiger partial charge >= 0.3 is 0 Å². The Bertz CT molecular complexity index is 385. The lowest BCUT2D eigenvalue weighted by Crippen LogP contribution is -2.13. The molecule has 2 N–H and O–H groups in total. The molecule has 1 aliphatic carbocycles. The highest BCUT2D eigenvalue weighted by atomic mass is 15.1. The van der Waals surface area contributed by atoms with E-state index in [4.69, 9.17) is 5.73 Å². The number of anilines is 1. The fourth-order valence-corrected chi connectivity index (χ4v) is 2.83. The van der Waals surface area contributed by atoms with Crippen LogP contribution in [-0.4, -0.2) is 25.6 Å². The number of hydrogen-bond donors (Lipinski definition) is 1. The molecule has 0 spiro atoms. The van der Waals surface area contributed by atoms with Gasteiger partial charge in [0.1, 0.15) is 5.82 Å². The molecule has 1 fully saturated rings. The van der Waals surface area contributed by atoms with Crippen LogP contribution in [0.5, 0.6) is 0 Å². The molecule has 1 aromatic rings. The van der Waals surface area contributed by atoms with Crippen molar-refractivity contribution in [3.63, 3.8) is 0 Å². The molecule has 1 heterocycles. The molecule has 0 saturated heterocycles. The Hall–Kier alpha value is -1.09. The van der Waals surface area contributed by atoms with Gasteiger partial charge in [0.15, 0.2) is 0 Å². The maximum atomic E-state index is 5.83. The fourth-order valence-electron chi connectivity index (χ4n) is 2.83. The topological polar surface area (TPSA) is 42.2 Å². The van der Waals surface area contributed by atoms with Crippen molar-refractivity contribution in [3.8, 4) is 0 Å².